The van der Waals surface area contributed by atoms with Crippen molar-refractivity contribution in [3.8, 4) is 11.1 Å². The molecule has 5 heterocycles. The molecular weight excluding hydrogens is 406 g/mol. The van der Waals surface area contributed by atoms with Crippen LogP contribution in [0, 0.1) is 5.92 Å². The van der Waals surface area contributed by atoms with Gasteiger partial charge in [-0.1, -0.05) is 10.8 Å². The van der Waals surface area contributed by atoms with Gasteiger partial charge in [-0.3, -0.25) is 9.20 Å². The third kappa shape index (κ3) is 3.15. The number of anilines is 1. The van der Waals surface area contributed by atoms with Crippen LogP contribution >= 0.6 is 0 Å². The van der Waals surface area contributed by atoms with E-state index in [4.69, 9.17) is 10.2 Å². The summed E-state index contributed by atoms with van der Waals surface area (Å²) < 4.78 is 9.01. The molecule has 0 spiro atoms. The van der Waals surface area contributed by atoms with E-state index in [2.05, 4.69) is 21.3 Å². The number of nitrogens with zero attached hydrogens (tertiary/aromatic N) is 6. The Bertz CT molecular complexity index is 1450. The minimum absolute atomic E-state index is 0.0225. The average Bonchev–Trinajstić information content (AvgIpc) is 3.59. The molecule has 1 amide bonds. The first-order valence-corrected chi connectivity index (χ1v) is 10.4. The summed E-state index contributed by atoms with van der Waals surface area (Å²) in [7, 11) is 0. The summed E-state index contributed by atoms with van der Waals surface area (Å²) in [5.74, 6) is 0.251. The molecule has 1 aromatic carbocycles. The Morgan fingerprint density at radius 2 is 2.16 bits per heavy atom. The maximum atomic E-state index is 13.3. The Morgan fingerprint density at radius 1 is 1.25 bits per heavy atom. The molecule has 2 aliphatic heterocycles. The summed E-state index contributed by atoms with van der Waals surface area (Å²) >= 11 is 0. The van der Waals surface area contributed by atoms with Gasteiger partial charge < -0.3 is 15.1 Å². The zero-order chi connectivity index (χ0) is 21.7. The van der Waals surface area contributed by atoms with Gasteiger partial charge in [0.15, 0.2) is 11.8 Å². The third-order valence-corrected chi connectivity index (χ3v) is 5.86. The number of benzene rings is 1. The second kappa shape index (κ2) is 7.16. The average molecular weight is 426 g/mol. The fourth-order valence-corrected chi connectivity index (χ4v) is 4.27. The molecule has 3 aromatic heterocycles. The summed E-state index contributed by atoms with van der Waals surface area (Å²) in [6, 6.07) is 9.74. The van der Waals surface area contributed by atoms with Crippen molar-refractivity contribution < 1.29 is 13.9 Å². The van der Waals surface area contributed by atoms with Crippen molar-refractivity contribution in [2.75, 3.05) is 18.8 Å². The van der Waals surface area contributed by atoms with Crippen LogP contribution in [0.5, 0.6) is 0 Å². The SMILES string of the molecule is Nc1nc2cc(-c3ccc4ncc(C(=O)N5CCC(C=[N+]6C=CC=N6)C5)n4c3)ccc2o1. The summed E-state index contributed by atoms with van der Waals surface area (Å²) in [6.07, 6.45) is 12.1. The number of likely N-dealkylation sites (tertiary alicyclic amines) is 1. The number of amides is 1. The number of imidazole rings is 1. The fourth-order valence-electron chi connectivity index (χ4n) is 4.27. The second-order valence-corrected chi connectivity index (χ2v) is 7.96. The fraction of sp³-hybridized carbons (Fsp3) is 0.174. The number of hydrogen-bond donors (Lipinski definition) is 1. The number of carbonyl (C=O) groups is 1. The lowest BCUT2D eigenvalue weighted by atomic mass is 10.1. The van der Waals surface area contributed by atoms with Gasteiger partial charge in [-0.2, -0.15) is 4.98 Å². The van der Waals surface area contributed by atoms with Gasteiger partial charge in [0.2, 0.25) is 6.20 Å². The topological polar surface area (TPSA) is 105 Å². The molecule has 2 N–H and O–H groups in total. The highest BCUT2D eigenvalue weighted by atomic mass is 16.4. The zero-order valence-electron chi connectivity index (χ0n) is 17.1. The van der Waals surface area contributed by atoms with Crippen molar-refractivity contribution in [1.82, 2.24) is 19.3 Å². The van der Waals surface area contributed by atoms with Crippen molar-refractivity contribution in [1.29, 1.82) is 0 Å². The Hall–Kier alpha value is -4.27. The number of carbonyl (C=O) groups excluding carboxylic acids is 1. The highest BCUT2D eigenvalue weighted by molar-refractivity contribution is 5.94. The molecule has 9 heteroatoms. The van der Waals surface area contributed by atoms with E-state index < -0.39 is 0 Å². The lowest BCUT2D eigenvalue weighted by Crippen LogP contribution is -2.30. The van der Waals surface area contributed by atoms with Crippen LogP contribution in [-0.4, -0.2) is 55.4 Å². The van der Waals surface area contributed by atoms with E-state index in [0.717, 1.165) is 23.2 Å². The number of nitrogens with two attached hydrogens (primary N) is 1. The number of nitrogen functional groups attached to an aromatic ring is 1. The van der Waals surface area contributed by atoms with Crippen molar-refractivity contribution in [2.24, 2.45) is 11.0 Å². The predicted molar refractivity (Wildman–Crippen MR) is 121 cm³/mol. The standard InChI is InChI=1S/C23H20N7O2/c24-23-27-18-10-16(2-4-20(18)32-23)17-3-5-21-25-11-19(30(21)14-17)22(31)28-9-6-15(12-28)13-29-8-1-7-26-29/h1-5,7-8,10-11,13-15H,6,9,12H2,(H2,24,27)/q+1. The number of aromatic nitrogens is 3. The molecule has 4 aromatic rings. The van der Waals surface area contributed by atoms with Gasteiger partial charge in [0.1, 0.15) is 23.1 Å². The van der Waals surface area contributed by atoms with Crippen LogP contribution in [0.25, 0.3) is 27.9 Å². The number of allylic oxidation sites excluding steroid dienone is 1. The van der Waals surface area contributed by atoms with Crippen molar-refractivity contribution >= 4 is 41.1 Å². The molecule has 0 radical (unpaired) electrons. The van der Waals surface area contributed by atoms with Crippen LogP contribution in [0.2, 0.25) is 0 Å². The first-order valence-electron chi connectivity index (χ1n) is 10.4. The van der Waals surface area contributed by atoms with Crippen LogP contribution < -0.4 is 5.73 Å². The lowest BCUT2D eigenvalue weighted by Gasteiger charge is -2.15. The summed E-state index contributed by atoms with van der Waals surface area (Å²) in [5, 5.41) is 4.23. The number of oxazole rings is 1. The van der Waals surface area contributed by atoms with Crippen molar-refractivity contribution in [2.45, 2.75) is 6.42 Å². The quantitative estimate of drug-likeness (QED) is 0.507. The van der Waals surface area contributed by atoms with Crippen LogP contribution in [0.1, 0.15) is 16.9 Å². The van der Waals surface area contributed by atoms with Gasteiger partial charge in [-0.05, 0) is 46.9 Å². The van der Waals surface area contributed by atoms with Crippen LogP contribution in [0.3, 0.4) is 0 Å². The normalized spacial score (nSPS) is 19.2. The molecule has 32 heavy (non-hydrogen) atoms. The minimum atomic E-state index is -0.0225. The van der Waals surface area contributed by atoms with Gasteiger partial charge in [-0.15, -0.1) is 0 Å². The van der Waals surface area contributed by atoms with E-state index in [9.17, 15) is 4.79 Å². The molecule has 0 bridgehead atoms. The minimum Gasteiger partial charge on any atom is -0.424 e. The summed E-state index contributed by atoms with van der Waals surface area (Å²) in [6.45, 7) is 1.37. The van der Waals surface area contributed by atoms with Gasteiger partial charge in [-0.25, -0.2) is 4.98 Å². The number of pyridine rings is 1. The third-order valence-electron chi connectivity index (χ3n) is 5.86. The Kier molecular flexibility index (Phi) is 4.14. The first-order chi connectivity index (χ1) is 15.6. The Morgan fingerprint density at radius 3 is 3.03 bits per heavy atom. The monoisotopic (exact) mass is 426 g/mol. The summed E-state index contributed by atoms with van der Waals surface area (Å²) in [4.78, 5) is 23.8. The molecule has 9 nitrogen and oxygen atoms in total. The maximum absolute atomic E-state index is 13.3. The zero-order valence-corrected chi connectivity index (χ0v) is 17.1. The number of rotatable bonds is 3. The maximum Gasteiger partial charge on any atom is 0.292 e. The van der Waals surface area contributed by atoms with Crippen LogP contribution in [-0.2, 0) is 0 Å². The molecule has 2 aliphatic rings. The van der Waals surface area contributed by atoms with E-state index in [0.29, 0.717) is 29.9 Å². The van der Waals surface area contributed by atoms with E-state index in [-0.39, 0.29) is 17.8 Å². The van der Waals surface area contributed by atoms with Crippen molar-refractivity contribution in [3.63, 3.8) is 0 Å². The van der Waals surface area contributed by atoms with Gasteiger partial charge in [0.25, 0.3) is 11.9 Å². The van der Waals surface area contributed by atoms with E-state index >= 15 is 0 Å². The van der Waals surface area contributed by atoms with E-state index in [1.807, 2.05) is 58.1 Å². The number of hydrogen-bond acceptors (Lipinski definition) is 6. The largest absolute Gasteiger partial charge is 0.424 e. The van der Waals surface area contributed by atoms with E-state index in [1.54, 1.807) is 17.1 Å². The molecule has 1 fully saturated rings. The van der Waals surface area contributed by atoms with Gasteiger partial charge in [0, 0.05) is 25.4 Å². The molecule has 6 rings (SSSR count). The molecule has 1 saturated heterocycles. The highest BCUT2D eigenvalue weighted by Crippen LogP contribution is 2.27. The smallest absolute Gasteiger partial charge is 0.292 e. The molecular formula is C23H20N7O2+. The predicted octanol–water partition coefficient (Wildman–Crippen LogP) is 2.78. The second-order valence-electron chi connectivity index (χ2n) is 7.96. The highest BCUT2D eigenvalue weighted by Gasteiger charge is 2.30. The first kappa shape index (κ1) is 18.5. The van der Waals surface area contributed by atoms with Gasteiger partial charge in [0.05, 0.1) is 12.1 Å². The van der Waals surface area contributed by atoms with Crippen molar-refractivity contribution in [3.05, 3.63) is 60.7 Å². The molecule has 0 aliphatic carbocycles. The molecule has 1 unspecified atom stereocenters. The number of fused-ring (bicyclic) bond motifs is 2. The van der Waals surface area contributed by atoms with Gasteiger partial charge >= 0.3 is 0 Å². The molecule has 0 saturated carbocycles. The lowest BCUT2D eigenvalue weighted by molar-refractivity contribution is -0.454. The Balaban J connectivity index is 1.30. The van der Waals surface area contributed by atoms with E-state index in [1.165, 1.54) is 0 Å². The summed E-state index contributed by atoms with van der Waals surface area (Å²) in [5.41, 5.74) is 10.2. The van der Waals surface area contributed by atoms with Crippen LogP contribution in [0.15, 0.2) is 64.5 Å². The Labute approximate surface area is 182 Å². The molecule has 158 valence electrons. The van der Waals surface area contributed by atoms with Crippen LogP contribution in [0.4, 0.5) is 6.01 Å². The number of hydrazone groups is 1. The molecule has 1 atom stereocenters.